The Balaban J connectivity index is 2.96. The summed E-state index contributed by atoms with van der Waals surface area (Å²) in [6.07, 6.45) is 0. The number of aryl methyl sites for hydroxylation is 2. The number of phenolic OH excluding ortho intramolecular Hbond substituents is 1. The van der Waals surface area contributed by atoms with Crippen LogP contribution in [0.2, 0.25) is 0 Å². The largest absolute Gasteiger partial charge is 0.508 e. The van der Waals surface area contributed by atoms with Crippen molar-refractivity contribution in [2.24, 2.45) is 0 Å². The molecule has 17 heavy (non-hydrogen) atoms. The van der Waals surface area contributed by atoms with E-state index in [-0.39, 0.29) is 17.3 Å². The molecule has 0 unspecified atom stereocenters. The molecular weight excluding hydrogens is 216 g/mol. The third-order valence-electron chi connectivity index (χ3n) is 3.18. The molecule has 2 rings (SSSR count). The van der Waals surface area contributed by atoms with E-state index in [1.54, 1.807) is 19.1 Å². The molecule has 0 atom stereocenters. The number of fused-ring (bicyclic) bond motifs is 1. The van der Waals surface area contributed by atoms with Crippen LogP contribution < -0.4 is 5.63 Å². The van der Waals surface area contributed by atoms with E-state index in [0.29, 0.717) is 16.7 Å². The van der Waals surface area contributed by atoms with Crippen LogP contribution in [0.4, 0.5) is 0 Å². The standard InChI is InChI=1S/C14H16O3/c1-7(2)12-8(3)10-5-6-11(15)9(4)13(10)17-14(12)16/h5-7,15H,1-4H3. The van der Waals surface area contributed by atoms with Gasteiger partial charge in [0.25, 0.3) is 0 Å². The van der Waals surface area contributed by atoms with Crippen molar-refractivity contribution in [1.82, 2.24) is 0 Å². The van der Waals surface area contributed by atoms with Crippen LogP contribution in [-0.4, -0.2) is 5.11 Å². The third-order valence-corrected chi connectivity index (χ3v) is 3.18. The normalized spacial score (nSPS) is 11.4. The fourth-order valence-corrected chi connectivity index (χ4v) is 2.22. The van der Waals surface area contributed by atoms with E-state index in [2.05, 4.69) is 0 Å². The maximum atomic E-state index is 11.9. The summed E-state index contributed by atoms with van der Waals surface area (Å²) in [7, 11) is 0. The SMILES string of the molecule is Cc1c(C(C)C)c(=O)oc2c(C)c(O)ccc12. The molecule has 0 amide bonds. The van der Waals surface area contributed by atoms with Gasteiger partial charge in [-0.3, -0.25) is 0 Å². The number of aromatic hydroxyl groups is 1. The Hall–Kier alpha value is -1.77. The topological polar surface area (TPSA) is 50.4 Å². The molecule has 3 nitrogen and oxygen atoms in total. The smallest absolute Gasteiger partial charge is 0.339 e. The molecule has 0 saturated carbocycles. The van der Waals surface area contributed by atoms with Gasteiger partial charge >= 0.3 is 5.63 Å². The summed E-state index contributed by atoms with van der Waals surface area (Å²) in [5.74, 6) is 0.280. The van der Waals surface area contributed by atoms with Crippen molar-refractivity contribution >= 4 is 11.0 Å². The van der Waals surface area contributed by atoms with Gasteiger partial charge in [-0.25, -0.2) is 4.79 Å². The lowest BCUT2D eigenvalue weighted by Gasteiger charge is -2.11. The van der Waals surface area contributed by atoms with Gasteiger partial charge < -0.3 is 9.52 Å². The van der Waals surface area contributed by atoms with Crippen molar-refractivity contribution in [3.63, 3.8) is 0 Å². The first-order chi connectivity index (χ1) is 7.93. The molecule has 0 radical (unpaired) electrons. The van der Waals surface area contributed by atoms with E-state index in [9.17, 15) is 9.90 Å². The summed E-state index contributed by atoms with van der Waals surface area (Å²) in [4.78, 5) is 11.9. The summed E-state index contributed by atoms with van der Waals surface area (Å²) >= 11 is 0. The molecule has 3 heteroatoms. The number of hydrogen-bond donors (Lipinski definition) is 1. The first-order valence-corrected chi connectivity index (χ1v) is 5.69. The molecular formula is C14H16O3. The zero-order valence-electron chi connectivity index (χ0n) is 10.5. The van der Waals surface area contributed by atoms with Crippen LogP contribution in [0.25, 0.3) is 11.0 Å². The third kappa shape index (κ3) is 1.71. The van der Waals surface area contributed by atoms with Gasteiger partial charge in [0.15, 0.2) is 0 Å². The number of hydrogen-bond acceptors (Lipinski definition) is 3. The van der Waals surface area contributed by atoms with Crippen LogP contribution in [0.1, 0.15) is 36.5 Å². The predicted octanol–water partition coefficient (Wildman–Crippen LogP) is 3.24. The molecule has 90 valence electrons. The van der Waals surface area contributed by atoms with Crippen LogP contribution >= 0.6 is 0 Å². The molecule has 0 saturated heterocycles. The van der Waals surface area contributed by atoms with Gasteiger partial charge in [-0.1, -0.05) is 13.8 Å². The molecule has 0 aliphatic carbocycles. The Kier molecular flexibility index (Phi) is 2.69. The van der Waals surface area contributed by atoms with Crippen molar-refractivity contribution in [1.29, 1.82) is 0 Å². The van der Waals surface area contributed by atoms with E-state index in [0.717, 1.165) is 10.9 Å². The Bertz CT molecular complexity index is 636. The van der Waals surface area contributed by atoms with Crippen LogP contribution in [-0.2, 0) is 0 Å². The molecule has 0 aliphatic heterocycles. The zero-order chi connectivity index (χ0) is 12.7. The van der Waals surface area contributed by atoms with Gasteiger partial charge in [0, 0.05) is 16.5 Å². The first kappa shape index (κ1) is 11.7. The molecule has 0 spiro atoms. The van der Waals surface area contributed by atoms with E-state index in [4.69, 9.17) is 4.42 Å². The fourth-order valence-electron chi connectivity index (χ4n) is 2.22. The van der Waals surface area contributed by atoms with Crippen molar-refractivity contribution in [3.8, 4) is 5.75 Å². The second-order valence-electron chi connectivity index (χ2n) is 4.67. The van der Waals surface area contributed by atoms with E-state index in [1.807, 2.05) is 20.8 Å². The van der Waals surface area contributed by atoms with Crippen molar-refractivity contribution in [2.75, 3.05) is 0 Å². The summed E-state index contributed by atoms with van der Waals surface area (Å²) in [5, 5.41) is 10.5. The number of benzene rings is 1. The Morgan fingerprint density at radius 1 is 1.18 bits per heavy atom. The highest BCUT2D eigenvalue weighted by atomic mass is 16.4. The van der Waals surface area contributed by atoms with Crippen LogP contribution in [0.15, 0.2) is 21.3 Å². The minimum Gasteiger partial charge on any atom is -0.508 e. The second kappa shape index (κ2) is 3.91. The Labute approximate surface area is 99.7 Å². The zero-order valence-corrected chi connectivity index (χ0v) is 10.5. The highest BCUT2D eigenvalue weighted by molar-refractivity contribution is 5.85. The lowest BCUT2D eigenvalue weighted by atomic mass is 9.96. The van der Waals surface area contributed by atoms with Crippen molar-refractivity contribution in [3.05, 3.63) is 39.2 Å². The average molecular weight is 232 g/mol. The number of phenols is 1. The van der Waals surface area contributed by atoms with Gasteiger partial charge in [0.2, 0.25) is 0 Å². The van der Waals surface area contributed by atoms with Crippen molar-refractivity contribution in [2.45, 2.75) is 33.6 Å². The molecule has 0 aliphatic rings. The van der Waals surface area contributed by atoms with Gasteiger partial charge in [0.1, 0.15) is 11.3 Å². The molecule has 0 bridgehead atoms. The van der Waals surface area contributed by atoms with Crippen LogP contribution in [0.5, 0.6) is 5.75 Å². The summed E-state index contributed by atoms with van der Waals surface area (Å²) in [5.41, 5.74) is 2.44. The lowest BCUT2D eigenvalue weighted by Crippen LogP contribution is -2.12. The highest BCUT2D eigenvalue weighted by Gasteiger charge is 2.16. The minimum absolute atomic E-state index is 0.129. The quantitative estimate of drug-likeness (QED) is 0.768. The lowest BCUT2D eigenvalue weighted by molar-refractivity contribution is 0.467. The molecule has 1 N–H and O–H groups in total. The maximum Gasteiger partial charge on any atom is 0.339 e. The molecule has 1 aromatic heterocycles. The Morgan fingerprint density at radius 2 is 1.82 bits per heavy atom. The van der Waals surface area contributed by atoms with Crippen LogP contribution in [0, 0.1) is 13.8 Å². The first-order valence-electron chi connectivity index (χ1n) is 5.69. The van der Waals surface area contributed by atoms with Gasteiger partial charge in [-0.15, -0.1) is 0 Å². The van der Waals surface area contributed by atoms with E-state index in [1.165, 1.54) is 0 Å². The summed E-state index contributed by atoms with van der Waals surface area (Å²) in [6.45, 7) is 7.61. The predicted molar refractivity (Wildman–Crippen MR) is 67.7 cm³/mol. The molecule has 2 aromatic rings. The summed E-state index contributed by atoms with van der Waals surface area (Å²) in [6, 6.07) is 3.43. The Morgan fingerprint density at radius 3 is 2.41 bits per heavy atom. The van der Waals surface area contributed by atoms with Crippen molar-refractivity contribution < 1.29 is 9.52 Å². The van der Waals surface area contributed by atoms with Gasteiger partial charge in [-0.2, -0.15) is 0 Å². The van der Waals surface area contributed by atoms with E-state index >= 15 is 0 Å². The monoisotopic (exact) mass is 232 g/mol. The highest BCUT2D eigenvalue weighted by Crippen LogP contribution is 2.30. The molecule has 1 heterocycles. The van der Waals surface area contributed by atoms with E-state index < -0.39 is 0 Å². The molecule has 1 aromatic carbocycles. The van der Waals surface area contributed by atoms with Gasteiger partial charge in [-0.05, 0) is 37.5 Å². The average Bonchev–Trinajstić information content (AvgIpc) is 2.23. The van der Waals surface area contributed by atoms with Gasteiger partial charge in [0.05, 0.1) is 0 Å². The maximum absolute atomic E-state index is 11.9. The second-order valence-corrected chi connectivity index (χ2v) is 4.67. The molecule has 0 fully saturated rings. The number of rotatable bonds is 1. The summed E-state index contributed by atoms with van der Waals surface area (Å²) < 4.78 is 5.33. The minimum atomic E-state index is -0.307. The fraction of sp³-hybridized carbons (Fsp3) is 0.357. The van der Waals surface area contributed by atoms with Crippen LogP contribution in [0.3, 0.4) is 0 Å².